The molecule has 5 rings (SSSR count). The van der Waals surface area contributed by atoms with E-state index in [1.54, 1.807) is 48.5 Å². The third-order valence-electron chi connectivity index (χ3n) is 6.20. The van der Waals surface area contributed by atoms with Crippen molar-refractivity contribution >= 4 is 40.5 Å². The van der Waals surface area contributed by atoms with Crippen molar-refractivity contribution in [3.8, 4) is 5.75 Å². The van der Waals surface area contributed by atoms with Crippen LogP contribution in [0, 0.1) is 16.0 Å². The Kier molecular flexibility index (Phi) is 6.34. The van der Waals surface area contributed by atoms with Crippen LogP contribution in [0.4, 0.5) is 17.1 Å². The molecule has 10 heteroatoms. The first-order chi connectivity index (χ1) is 17.4. The maximum absolute atomic E-state index is 13.7. The number of benzene rings is 3. The van der Waals surface area contributed by atoms with Crippen LogP contribution in [0.1, 0.15) is 24.9 Å². The molecular weight excluding hydrogens is 486 g/mol. The van der Waals surface area contributed by atoms with Crippen molar-refractivity contribution in [3.63, 3.8) is 0 Å². The zero-order valence-corrected chi connectivity index (χ0v) is 20.0. The summed E-state index contributed by atoms with van der Waals surface area (Å²) in [6, 6.07) is 18.8. The number of rotatable bonds is 7. The Labute approximate surface area is 211 Å². The molecule has 0 aromatic heterocycles. The number of nitro benzene ring substituents is 1. The van der Waals surface area contributed by atoms with Crippen molar-refractivity contribution in [2.45, 2.75) is 25.5 Å². The zero-order valence-electron chi connectivity index (χ0n) is 19.2. The standard InChI is InChI=1S/C26H22ClN3O6/c1-2-14-35-19-11-8-16(9-12-19)28-25(31)22-23(20-15-18(30(33)34)10-13-21(20)27)29(36-24(22)26(28)32)17-6-4-3-5-7-17/h3-13,15,22-24H,2,14H2,1H3. The van der Waals surface area contributed by atoms with E-state index in [-0.39, 0.29) is 10.7 Å². The fourth-order valence-electron chi connectivity index (χ4n) is 4.57. The molecule has 3 unspecified atom stereocenters. The van der Waals surface area contributed by atoms with Gasteiger partial charge in [-0.2, -0.15) is 0 Å². The minimum Gasteiger partial charge on any atom is -0.494 e. The molecule has 2 heterocycles. The van der Waals surface area contributed by atoms with Crippen LogP contribution in [-0.4, -0.2) is 29.4 Å². The van der Waals surface area contributed by atoms with Gasteiger partial charge in [-0.3, -0.25) is 24.5 Å². The summed E-state index contributed by atoms with van der Waals surface area (Å²) in [6.07, 6.45) is -0.264. The maximum atomic E-state index is 13.7. The number of nitro groups is 1. The van der Waals surface area contributed by atoms with Crippen LogP contribution in [0.2, 0.25) is 5.02 Å². The smallest absolute Gasteiger partial charge is 0.269 e. The molecule has 2 amide bonds. The zero-order chi connectivity index (χ0) is 25.4. The van der Waals surface area contributed by atoms with E-state index in [0.29, 0.717) is 29.3 Å². The van der Waals surface area contributed by atoms with Gasteiger partial charge >= 0.3 is 0 Å². The monoisotopic (exact) mass is 507 g/mol. The van der Waals surface area contributed by atoms with E-state index in [9.17, 15) is 19.7 Å². The minimum atomic E-state index is -1.12. The van der Waals surface area contributed by atoms with E-state index < -0.39 is 34.8 Å². The summed E-state index contributed by atoms with van der Waals surface area (Å²) in [6.45, 7) is 2.55. The summed E-state index contributed by atoms with van der Waals surface area (Å²) in [4.78, 5) is 45.3. The van der Waals surface area contributed by atoms with Gasteiger partial charge in [-0.05, 0) is 48.9 Å². The Morgan fingerprint density at radius 2 is 1.72 bits per heavy atom. The number of ether oxygens (including phenoxy) is 1. The molecule has 3 atom stereocenters. The predicted octanol–water partition coefficient (Wildman–Crippen LogP) is 5.09. The molecule has 3 aromatic carbocycles. The topological polar surface area (TPSA) is 102 Å². The highest BCUT2D eigenvalue weighted by molar-refractivity contribution is 6.31. The molecule has 0 bridgehead atoms. The first-order valence-corrected chi connectivity index (χ1v) is 11.8. The van der Waals surface area contributed by atoms with Crippen LogP contribution in [0.15, 0.2) is 72.8 Å². The second kappa shape index (κ2) is 9.60. The third kappa shape index (κ3) is 4.06. The van der Waals surface area contributed by atoms with Gasteiger partial charge in [0.25, 0.3) is 11.6 Å². The van der Waals surface area contributed by atoms with Crippen molar-refractivity contribution in [1.82, 2.24) is 0 Å². The average Bonchev–Trinajstić information content (AvgIpc) is 3.39. The summed E-state index contributed by atoms with van der Waals surface area (Å²) in [5.74, 6) is -1.32. The number of imide groups is 1. The lowest BCUT2D eigenvalue weighted by molar-refractivity contribution is -0.384. The number of non-ortho nitro benzene ring substituents is 1. The molecule has 2 fully saturated rings. The number of hydrogen-bond acceptors (Lipinski definition) is 7. The number of halogens is 1. The summed E-state index contributed by atoms with van der Waals surface area (Å²) in [5, 5.41) is 13.2. The number of anilines is 2. The minimum absolute atomic E-state index is 0.179. The Morgan fingerprint density at radius 3 is 2.39 bits per heavy atom. The summed E-state index contributed by atoms with van der Waals surface area (Å²) in [5.41, 5.74) is 1.13. The van der Waals surface area contributed by atoms with Gasteiger partial charge in [-0.15, -0.1) is 0 Å². The number of hydrogen-bond donors (Lipinski definition) is 0. The summed E-state index contributed by atoms with van der Waals surface area (Å²) < 4.78 is 5.59. The van der Waals surface area contributed by atoms with E-state index in [1.165, 1.54) is 23.3 Å². The van der Waals surface area contributed by atoms with E-state index in [4.69, 9.17) is 21.2 Å². The number of carbonyl (C=O) groups is 2. The molecule has 184 valence electrons. The van der Waals surface area contributed by atoms with Gasteiger partial charge in [-0.25, -0.2) is 9.96 Å². The van der Waals surface area contributed by atoms with Crippen molar-refractivity contribution < 1.29 is 24.1 Å². The number of carbonyl (C=O) groups excluding carboxylic acids is 2. The first kappa shape index (κ1) is 23.8. The number of para-hydroxylation sites is 1. The van der Waals surface area contributed by atoms with Gasteiger partial charge in [0.2, 0.25) is 5.91 Å². The van der Waals surface area contributed by atoms with Crippen molar-refractivity contribution in [1.29, 1.82) is 0 Å². The molecule has 36 heavy (non-hydrogen) atoms. The first-order valence-electron chi connectivity index (χ1n) is 11.5. The molecule has 2 saturated heterocycles. The van der Waals surface area contributed by atoms with Gasteiger partial charge in [0.15, 0.2) is 6.10 Å². The molecule has 0 spiro atoms. The molecule has 2 aliphatic rings. The van der Waals surface area contributed by atoms with Crippen molar-refractivity contribution in [3.05, 3.63) is 93.5 Å². The highest BCUT2D eigenvalue weighted by atomic mass is 35.5. The van der Waals surface area contributed by atoms with Crippen molar-refractivity contribution in [2.24, 2.45) is 5.92 Å². The van der Waals surface area contributed by atoms with Crippen LogP contribution in [0.25, 0.3) is 0 Å². The van der Waals surface area contributed by atoms with Crippen LogP contribution in [0.5, 0.6) is 5.75 Å². The fraction of sp³-hybridized carbons (Fsp3) is 0.231. The Morgan fingerprint density at radius 1 is 1.00 bits per heavy atom. The molecule has 3 aromatic rings. The molecule has 0 N–H and O–H groups in total. The summed E-state index contributed by atoms with van der Waals surface area (Å²) in [7, 11) is 0. The quantitative estimate of drug-likeness (QED) is 0.249. The van der Waals surface area contributed by atoms with Gasteiger partial charge in [-0.1, -0.05) is 36.7 Å². The second-order valence-electron chi connectivity index (χ2n) is 8.48. The van der Waals surface area contributed by atoms with E-state index in [0.717, 1.165) is 11.3 Å². The largest absolute Gasteiger partial charge is 0.494 e. The lowest BCUT2D eigenvalue weighted by atomic mass is 9.90. The van der Waals surface area contributed by atoms with E-state index in [1.807, 2.05) is 13.0 Å². The molecule has 0 saturated carbocycles. The average molecular weight is 508 g/mol. The lowest BCUT2D eigenvalue weighted by Gasteiger charge is -2.29. The number of amides is 2. The normalized spacial score (nSPS) is 21.1. The van der Waals surface area contributed by atoms with Crippen molar-refractivity contribution in [2.75, 3.05) is 16.6 Å². The Bertz CT molecular complexity index is 1320. The van der Waals surface area contributed by atoms with E-state index in [2.05, 4.69) is 0 Å². The van der Waals surface area contributed by atoms with Gasteiger partial charge in [0.1, 0.15) is 11.7 Å². The molecular formula is C26H22ClN3O6. The van der Waals surface area contributed by atoms with Crippen LogP contribution in [0.3, 0.4) is 0 Å². The predicted molar refractivity (Wildman–Crippen MR) is 133 cm³/mol. The Hall–Kier alpha value is -3.95. The summed E-state index contributed by atoms with van der Waals surface area (Å²) >= 11 is 6.49. The molecule has 0 radical (unpaired) electrons. The number of nitrogens with zero attached hydrogens (tertiary/aromatic N) is 3. The highest BCUT2D eigenvalue weighted by Crippen LogP contribution is 2.49. The number of hydroxylamine groups is 1. The molecule has 2 aliphatic heterocycles. The van der Waals surface area contributed by atoms with Crippen LogP contribution in [-0.2, 0) is 14.4 Å². The van der Waals surface area contributed by atoms with Crippen LogP contribution < -0.4 is 14.7 Å². The maximum Gasteiger partial charge on any atom is 0.269 e. The van der Waals surface area contributed by atoms with Gasteiger partial charge < -0.3 is 4.74 Å². The van der Waals surface area contributed by atoms with Gasteiger partial charge in [0.05, 0.1) is 28.9 Å². The third-order valence-corrected chi connectivity index (χ3v) is 6.55. The Balaban J connectivity index is 1.55. The lowest BCUT2D eigenvalue weighted by Crippen LogP contribution is -2.37. The van der Waals surface area contributed by atoms with Gasteiger partial charge in [0, 0.05) is 22.7 Å². The highest BCUT2D eigenvalue weighted by Gasteiger charge is 2.60. The molecule has 0 aliphatic carbocycles. The fourth-order valence-corrected chi connectivity index (χ4v) is 4.80. The molecule has 9 nitrogen and oxygen atoms in total. The van der Waals surface area contributed by atoms with E-state index >= 15 is 0 Å². The second-order valence-corrected chi connectivity index (χ2v) is 8.88. The SMILES string of the molecule is CCCOc1ccc(N2C(=O)C3ON(c4ccccc4)C(c4cc([N+](=O)[O-])ccc4Cl)C3C2=O)cc1. The number of fused-ring (bicyclic) bond motifs is 1. The van der Waals surface area contributed by atoms with Crippen LogP contribution >= 0.6 is 11.6 Å².